The van der Waals surface area contributed by atoms with E-state index in [4.69, 9.17) is 10.9 Å². The molecule has 0 aromatic heterocycles. The lowest BCUT2D eigenvalue weighted by atomic mass is 10.2. The summed E-state index contributed by atoms with van der Waals surface area (Å²) in [5, 5.41) is 7.95. The molecule has 100 valence electrons. The molecule has 0 unspecified atom stereocenters. The van der Waals surface area contributed by atoms with Gasteiger partial charge in [0.25, 0.3) is 0 Å². The molecule has 0 radical (unpaired) electrons. The number of para-hydroxylation sites is 1. The summed E-state index contributed by atoms with van der Waals surface area (Å²) in [5.41, 5.74) is 6.74. The summed E-state index contributed by atoms with van der Waals surface area (Å²) in [6.45, 7) is 0. The number of hydrogen-bond acceptors (Lipinski definition) is 4. The van der Waals surface area contributed by atoms with Gasteiger partial charge >= 0.3 is 0 Å². The Kier molecular flexibility index (Phi) is 3.41. The number of sulfonamides is 1. The molecule has 0 saturated heterocycles. The van der Waals surface area contributed by atoms with E-state index >= 15 is 0 Å². The fraction of sp³-hybridized carbons (Fsp3) is 0. The van der Waals surface area contributed by atoms with Crippen molar-refractivity contribution in [3.8, 4) is 0 Å². The molecule has 2 aromatic rings. The van der Waals surface area contributed by atoms with Gasteiger partial charge in [0.15, 0.2) is 0 Å². The number of anilines is 3. The second-order valence-electron chi connectivity index (χ2n) is 3.89. The van der Waals surface area contributed by atoms with Crippen LogP contribution in [0, 0.1) is 5.82 Å². The zero-order valence-corrected chi connectivity index (χ0v) is 10.6. The third-order valence-corrected chi connectivity index (χ3v) is 3.46. The molecule has 0 spiro atoms. The van der Waals surface area contributed by atoms with Crippen LogP contribution in [0.25, 0.3) is 0 Å². The summed E-state index contributed by atoms with van der Waals surface area (Å²) in [6.07, 6.45) is 0. The van der Waals surface area contributed by atoms with Crippen LogP contribution in [-0.2, 0) is 10.0 Å². The van der Waals surface area contributed by atoms with Crippen molar-refractivity contribution < 1.29 is 12.8 Å². The Morgan fingerprint density at radius 3 is 2.26 bits per heavy atom. The summed E-state index contributed by atoms with van der Waals surface area (Å²) >= 11 is 0. The van der Waals surface area contributed by atoms with E-state index in [1.807, 2.05) is 0 Å². The Balaban J connectivity index is 2.39. The third kappa shape index (κ3) is 3.01. The number of nitrogens with two attached hydrogens (primary N) is 2. The second kappa shape index (κ2) is 4.87. The van der Waals surface area contributed by atoms with Crippen LogP contribution >= 0.6 is 0 Å². The van der Waals surface area contributed by atoms with Crippen molar-refractivity contribution in [2.75, 3.05) is 11.1 Å². The molecule has 0 heterocycles. The van der Waals surface area contributed by atoms with Gasteiger partial charge < -0.3 is 11.1 Å². The normalized spacial score (nSPS) is 11.3. The quantitative estimate of drug-likeness (QED) is 0.747. The first-order chi connectivity index (χ1) is 8.88. The van der Waals surface area contributed by atoms with Crippen LogP contribution in [-0.4, -0.2) is 8.42 Å². The molecule has 0 aliphatic heterocycles. The van der Waals surface area contributed by atoms with Gasteiger partial charge in [-0.25, -0.2) is 17.9 Å². The number of rotatable bonds is 3. The SMILES string of the molecule is Nc1c(Nc2ccc(F)cc2)cccc1S(N)(=O)=O. The molecule has 5 nitrogen and oxygen atoms in total. The fourth-order valence-corrected chi connectivity index (χ4v) is 2.27. The Hall–Kier alpha value is -2.12. The van der Waals surface area contributed by atoms with Crippen molar-refractivity contribution in [1.82, 2.24) is 0 Å². The monoisotopic (exact) mass is 281 g/mol. The maximum atomic E-state index is 12.8. The number of benzene rings is 2. The van der Waals surface area contributed by atoms with Crippen molar-refractivity contribution in [3.05, 3.63) is 48.3 Å². The van der Waals surface area contributed by atoms with Crippen LogP contribution in [0.1, 0.15) is 0 Å². The van der Waals surface area contributed by atoms with Gasteiger partial charge in [-0.1, -0.05) is 6.07 Å². The standard InChI is InChI=1S/C12H12FN3O2S/c13-8-4-6-9(7-5-8)16-10-2-1-3-11(12(10)14)19(15,17)18/h1-7,16H,14H2,(H2,15,17,18). The molecule has 0 saturated carbocycles. The van der Waals surface area contributed by atoms with Gasteiger partial charge in [0, 0.05) is 5.69 Å². The first-order valence-corrected chi connectivity index (χ1v) is 6.86. The van der Waals surface area contributed by atoms with E-state index in [9.17, 15) is 12.8 Å². The fourth-order valence-electron chi connectivity index (χ4n) is 1.59. The largest absolute Gasteiger partial charge is 0.396 e. The van der Waals surface area contributed by atoms with Crippen LogP contribution in [0.4, 0.5) is 21.5 Å². The van der Waals surface area contributed by atoms with E-state index in [1.54, 1.807) is 6.07 Å². The van der Waals surface area contributed by atoms with Crippen LogP contribution in [0.15, 0.2) is 47.4 Å². The number of primary sulfonamides is 1. The van der Waals surface area contributed by atoms with E-state index in [2.05, 4.69) is 5.32 Å². The average molecular weight is 281 g/mol. The molecule has 0 atom stereocenters. The van der Waals surface area contributed by atoms with Gasteiger partial charge in [0.05, 0.1) is 11.4 Å². The Morgan fingerprint density at radius 1 is 1.05 bits per heavy atom. The molecular formula is C12H12FN3O2S. The van der Waals surface area contributed by atoms with Crippen molar-refractivity contribution in [3.63, 3.8) is 0 Å². The summed E-state index contributed by atoms with van der Waals surface area (Å²) < 4.78 is 35.4. The first kappa shape index (κ1) is 13.3. The molecule has 0 aliphatic rings. The minimum atomic E-state index is -3.88. The molecular weight excluding hydrogens is 269 g/mol. The molecule has 2 aromatic carbocycles. The highest BCUT2D eigenvalue weighted by atomic mass is 32.2. The molecule has 0 fully saturated rings. The molecule has 0 bridgehead atoms. The predicted molar refractivity (Wildman–Crippen MR) is 71.9 cm³/mol. The smallest absolute Gasteiger partial charge is 0.240 e. The number of hydrogen-bond donors (Lipinski definition) is 3. The minimum absolute atomic E-state index is 0.0225. The highest BCUT2D eigenvalue weighted by Crippen LogP contribution is 2.28. The zero-order chi connectivity index (χ0) is 14.0. The summed E-state index contributed by atoms with van der Waals surface area (Å²) in [7, 11) is -3.88. The lowest BCUT2D eigenvalue weighted by Crippen LogP contribution is -2.15. The predicted octanol–water partition coefficient (Wildman–Crippen LogP) is 1.80. The maximum absolute atomic E-state index is 12.8. The molecule has 19 heavy (non-hydrogen) atoms. The minimum Gasteiger partial charge on any atom is -0.396 e. The molecule has 7 heteroatoms. The van der Waals surface area contributed by atoms with Crippen molar-refractivity contribution in [2.45, 2.75) is 4.90 Å². The van der Waals surface area contributed by atoms with Gasteiger partial charge in [0.1, 0.15) is 10.7 Å². The van der Waals surface area contributed by atoms with Crippen LogP contribution in [0.5, 0.6) is 0 Å². The number of nitrogen functional groups attached to an aromatic ring is 1. The van der Waals surface area contributed by atoms with E-state index in [0.29, 0.717) is 11.4 Å². The van der Waals surface area contributed by atoms with Crippen molar-refractivity contribution >= 4 is 27.1 Å². The number of halogens is 1. The Bertz CT molecular complexity index is 699. The first-order valence-electron chi connectivity index (χ1n) is 5.32. The lowest BCUT2D eigenvalue weighted by Gasteiger charge is -2.11. The van der Waals surface area contributed by atoms with Gasteiger partial charge in [-0.15, -0.1) is 0 Å². The molecule has 2 rings (SSSR count). The van der Waals surface area contributed by atoms with Crippen molar-refractivity contribution in [2.24, 2.45) is 5.14 Å². The Labute approximate surface area is 110 Å². The van der Waals surface area contributed by atoms with E-state index in [1.165, 1.54) is 36.4 Å². The average Bonchev–Trinajstić information content (AvgIpc) is 2.33. The van der Waals surface area contributed by atoms with Crippen LogP contribution in [0.3, 0.4) is 0 Å². The van der Waals surface area contributed by atoms with E-state index in [0.717, 1.165) is 0 Å². The number of nitrogens with one attached hydrogen (secondary N) is 1. The highest BCUT2D eigenvalue weighted by Gasteiger charge is 2.14. The molecule has 5 N–H and O–H groups in total. The molecule has 0 aliphatic carbocycles. The van der Waals surface area contributed by atoms with Crippen LogP contribution < -0.4 is 16.2 Å². The maximum Gasteiger partial charge on any atom is 0.240 e. The summed E-state index contributed by atoms with van der Waals surface area (Å²) in [4.78, 5) is -0.153. The van der Waals surface area contributed by atoms with Gasteiger partial charge in [-0.3, -0.25) is 0 Å². The second-order valence-corrected chi connectivity index (χ2v) is 5.42. The molecule has 0 amide bonds. The zero-order valence-electron chi connectivity index (χ0n) is 9.80. The Morgan fingerprint density at radius 2 is 1.68 bits per heavy atom. The topological polar surface area (TPSA) is 98.2 Å². The third-order valence-electron chi connectivity index (χ3n) is 2.50. The van der Waals surface area contributed by atoms with Gasteiger partial charge in [-0.2, -0.15) is 0 Å². The van der Waals surface area contributed by atoms with Gasteiger partial charge in [-0.05, 0) is 36.4 Å². The van der Waals surface area contributed by atoms with Gasteiger partial charge in [0.2, 0.25) is 10.0 Å². The lowest BCUT2D eigenvalue weighted by molar-refractivity contribution is 0.598. The highest BCUT2D eigenvalue weighted by molar-refractivity contribution is 7.89. The van der Waals surface area contributed by atoms with Crippen molar-refractivity contribution in [1.29, 1.82) is 0 Å². The van der Waals surface area contributed by atoms with E-state index < -0.39 is 10.0 Å². The van der Waals surface area contributed by atoms with E-state index in [-0.39, 0.29) is 16.4 Å². The summed E-state index contributed by atoms with van der Waals surface area (Å²) in [6, 6.07) is 10.0. The van der Waals surface area contributed by atoms with Crippen LogP contribution in [0.2, 0.25) is 0 Å². The summed E-state index contributed by atoms with van der Waals surface area (Å²) in [5.74, 6) is -0.364.